The molecule has 0 saturated heterocycles. The second kappa shape index (κ2) is 4.82. The van der Waals surface area contributed by atoms with Gasteiger partial charge in [0.25, 0.3) is 0 Å². The lowest BCUT2D eigenvalue weighted by atomic mass is 10.1. The molecule has 0 saturated carbocycles. The molecule has 3 nitrogen and oxygen atoms in total. The number of hydrogen-bond donors (Lipinski definition) is 1. The molecular weight excluding hydrogens is 150 g/mol. The Bertz CT molecular complexity index is 116. The predicted molar refractivity (Wildman–Crippen MR) is 42.8 cm³/mol. The third kappa shape index (κ3) is 3.98. The van der Waals surface area contributed by atoms with Gasteiger partial charge < -0.3 is 4.74 Å². The highest BCUT2D eigenvalue weighted by molar-refractivity contribution is 7.82. The monoisotopic (exact) mass is 165 g/mol. The number of hydrogen-bond acceptors (Lipinski definition) is 2. The van der Waals surface area contributed by atoms with E-state index in [2.05, 4.69) is 0 Å². The van der Waals surface area contributed by atoms with E-state index in [1.807, 2.05) is 13.8 Å². The van der Waals surface area contributed by atoms with E-state index in [0.717, 1.165) is 0 Å². The lowest BCUT2D eigenvalue weighted by molar-refractivity contribution is 0.0835. The maximum absolute atomic E-state index is 10.5. The van der Waals surface area contributed by atoms with Crippen molar-refractivity contribution in [2.45, 2.75) is 20.0 Å². The van der Waals surface area contributed by atoms with Crippen molar-refractivity contribution in [3.05, 3.63) is 0 Å². The molecule has 0 amide bonds. The lowest BCUT2D eigenvalue weighted by Crippen LogP contribution is -2.27. The second-order valence-electron chi connectivity index (χ2n) is 2.57. The van der Waals surface area contributed by atoms with Crippen molar-refractivity contribution in [3.8, 4) is 0 Å². The van der Waals surface area contributed by atoms with E-state index in [1.54, 1.807) is 7.11 Å². The van der Waals surface area contributed by atoms with Crippen LogP contribution in [0.3, 0.4) is 0 Å². The van der Waals surface area contributed by atoms with Gasteiger partial charge in [0.15, 0.2) is 0 Å². The van der Waals surface area contributed by atoms with Crippen LogP contribution in [-0.2, 0) is 15.7 Å². The maximum Gasteiger partial charge on any atom is 0.0914 e. The standard InChI is InChI=1S/C6H15NO2S/c1-5(2)6(9-3)4-10(7)8/h5-6H,4,7H2,1-3H3. The molecule has 0 spiro atoms. The molecule has 2 atom stereocenters. The first-order valence-electron chi connectivity index (χ1n) is 3.23. The Morgan fingerprint density at radius 2 is 2.10 bits per heavy atom. The summed E-state index contributed by atoms with van der Waals surface area (Å²) in [6.07, 6.45) is 0.0193. The fraction of sp³-hybridized carbons (Fsp3) is 1.00. The van der Waals surface area contributed by atoms with E-state index in [1.165, 1.54) is 0 Å². The van der Waals surface area contributed by atoms with Crippen LogP contribution in [0.5, 0.6) is 0 Å². The average molecular weight is 165 g/mol. The number of methoxy groups -OCH3 is 1. The van der Waals surface area contributed by atoms with Crippen LogP contribution in [0.25, 0.3) is 0 Å². The minimum Gasteiger partial charge on any atom is -0.380 e. The number of nitrogens with two attached hydrogens (primary N) is 1. The fourth-order valence-electron chi connectivity index (χ4n) is 0.695. The van der Waals surface area contributed by atoms with Gasteiger partial charge in [-0.15, -0.1) is 0 Å². The molecule has 62 valence electrons. The van der Waals surface area contributed by atoms with Crippen molar-refractivity contribution >= 4 is 11.0 Å². The zero-order chi connectivity index (χ0) is 8.15. The van der Waals surface area contributed by atoms with Gasteiger partial charge in [0.05, 0.1) is 22.8 Å². The summed E-state index contributed by atoms with van der Waals surface area (Å²) in [4.78, 5) is 0. The summed E-state index contributed by atoms with van der Waals surface area (Å²) >= 11 is 0. The van der Waals surface area contributed by atoms with Crippen LogP contribution in [-0.4, -0.2) is 23.2 Å². The van der Waals surface area contributed by atoms with Gasteiger partial charge in [-0.25, -0.2) is 4.21 Å². The van der Waals surface area contributed by atoms with Crippen LogP contribution in [0.2, 0.25) is 0 Å². The lowest BCUT2D eigenvalue weighted by Gasteiger charge is -2.16. The number of ether oxygens (including phenoxy) is 1. The molecule has 0 radical (unpaired) electrons. The summed E-state index contributed by atoms with van der Waals surface area (Å²) in [5, 5.41) is 5.10. The Morgan fingerprint density at radius 1 is 1.60 bits per heavy atom. The molecule has 0 rings (SSSR count). The topological polar surface area (TPSA) is 52.3 Å². The molecule has 2 unspecified atom stereocenters. The minimum absolute atomic E-state index is 0.0193. The molecular formula is C6H15NO2S. The summed E-state index contributed by atoms with van der Waals surface area (Å²) < 4.78 is 15.6. The van der Waals surface area contributed by atoms with E-state index in [-0.39, 0.29) is 6.10 Å². The Labute approximate surface area is 64.5 Å². The molecule has 0 heterocycles. The van der Waals surface area contributed by atoms with Crippen LogP contribution in [0, 0.1) is 5.92 Å². The van der Waals surface area contributed by atoms with Gasteiger partial charge in [-0.3, -0.25) is 5.14 Å². The van der Waals surface area contributed by atoms with Crippen molar-refractivity contribution in [2.75, 3.05) is 12.9 Å². The molecule has 4 heteroatoms. The summed E-state index contributed by atoms with van der Waals surface area (Å²) in [5.74, 6) is 0.797. The molecule has 0 aromatic heterocycles. The van der Waals surface area contributed by atoms with Gasteiger partial charge in [-0.2, -0.15) is 0 Å². The molecule has 2 N–H and O–H groups in total. The van der Waals surface area contributed by atoms with Crippen LogP contribution >= 0.6 is 0 Å². The zero-order valence-electron chi connectivity index (χ0n) is 6.66. The average Bonchev–Trinajstić information content (AvgIpc) is 1.81. The Balaban J connectivity index is 3.71. The normalized spacial score (nSPS) is 17.3. The van der Waals surface area contributed by atoms with Crippen LogP contribution in [0.4, 0.5) is 0 Å². The van der Waals surface area contributed by atoms with Gasteiger partial charge in [-0.05, 0) is 5.92 Å². The SMILES string of the molecule is COC(CS(N)=O)C(C)C. The second-order valence-corrected chi connectivity index (χ2v) is 3.66. The largest absolute Gasteiger partial charge is 0.380 e. The van der Waals surface area contributed by atoms with Crippen LogP contribution < -0.4 is 5.14 Å². The smallest absolute Gasteiger partial charge is 0.0914 e. The molecule has 0 aromatic carbocycles. The summed E-state index contributed by atoms with van der Waals surface area (Å²) in [7, 11) is 0.368. The minimum atomic E-state index is -1.24. The fourth-order valence-corrected chi connectivity index (χ4v) is 1.54. The first-order valence-corrected chi connectivity index (χ1v) is 4.61. The van der Waals surface area contributed by atoms with Crippen molar-refractivity contribution in [3.63, 3.8) is 0 Å². The van der Waals surface area contributed by atoms with E-state index < -0.39 is 11.0 Å². The predicted octanol–water partition coefficient (Wildman–Crippen LogP) is 0.280. The Hall–Kier alpha value is 0.0700. The van der Waals surface area contributed by atoms with Crippen LogP contribution in [0.1, 0.15) is 13.8 Å². The quantitative estimate of drug-likeness (QED) is 0.650. The molecule has 0 aliphatic heterocycles. The van der Waals surface area contributed by atoms with Crippen molar-refractivity contribution < 1.29 is 8.95 Å². The Morgan fingerprint density at radius 3 is 2.20 bits per heavy atom. The molecule has 0 fully saturated rings. The van der Waals surface area contributed by atoms with Crippen molar-refractivity contribution in [1.82, 2.24) is 0 Å². The highest BCUT2D eigenvalue weighted by Gasteiger charge is 2.13. The summed E-state index contributed by atoms with van der Waals surface area (Å²) in [5.41, 5.74) is 0. The third-order valence-electron chi connectivity index (χ3n) is 1.37. The third-order valence-corrected chi connectivity index (χ3v) is 2.03. The van der Waals surface area contributed by atoms with E-state index in [4.69, 9.17) is 9.88 Å². The van der Waals surface area contributed by atoms with E-state index >= 15 is 0 Å². The van der Waals surface area contributed by atoms with E-state index in [9.17, 15) is 4.21 Å². The van der Waals surface area contributed by atoms with Gasteiger partial charge in [0.2, 0.25) is 0 Å². The van der Waals surface area contributed by atoms with Gasteiger partial charge in [0, 0.05) is 7.11 Å². The summed E-state index contributed by atoms with van der Waals surface area (Å²) in [6, 6.07) is 0. The van der Waals surface area contributed by atoms with Gasteiger partial charge in [-0.1, -0.05) is 13.8 Å². The van der Waals surface area contributed by atoms with Crippen molar-refractivity contribution in [1.29, 1.82) is 0 Å². The molecule has 0 aliphatic rings. The molecule has 0 aromatic rings. The van der Waals surface area contributed by atoms with E-state index in [0.29, 0.717) is 11.7 Å². The summed E-state index contributed by atoms with van der Waals surface area (Å²) in [6.45, 7) is 4.03. The van der Waals surface area contributed by atoms with Crippen molar-refractivity contribution in [2.24, 2.45) is 11.1 Å². The molecule has 10 heavy (non-hydrogen) atoms. The zero-order valence-corrected chi connectivity index (χ0v) is 7.48. The maximum atomic E-state index is 10.5. The van der Waals surface area contributed by atoms with Crippen LogP contribution in [0.15, 0.2) is 0 Å². The highest BCUT2D eigenvalue weighted by Crippen LogP contribution is 2.05. The molecule has 0 aliphatic carbocycles. The first-order chi connectivity index (χ1) is 4.57. The van der Waals surface area contributed by atoms with Gasteiger partial charge in [0.1, 0.15) is 0 Å². The molecule has 0 bridgehead atoms. The van der Waals surface area contributed by atoms with Gasteiger partial charge >= 0.3 is 0 Å². The first kappa shape index (κ1) is 10.1. The highest BCUT2D eigenvalue weighted by atomic mass is 32.2. The Kier molecular flexibility index (Phi) is 4.85. The number of rotatable bonds is 4.